The van der Waals surface area contributed by atoms with E-state index in [4.69, 9.17) is 0 Å². The number of carbonyl (C=O) groups excluding carboxylic acids is 1. The molecular weight excluding hydrogens is 355 g/mol. The van der Waals surface area contributed by atoms with Gasteiger partial charge < -0.3 is 5.32 Å². The summed E-state index contributed by atoms with van der Waals surface area (Å²) in [5.41, 5.74) is 1.34. The van der Waals surface area contributed by atoms with Crippen LogP contribution in [0.25, 0.3) is 0 Å². The van der Waals surface area contributed by atoms with Gasteiger partial charge in [-0.3, -0.25) is 9.10 Å². The van der Waals surface area contributed by atoms with Crippen molar-refractivity contribution in [3.8, 4) is 0 Å². The molecule has 0 bridgehead atoms. The molecule has 1 N–H and O–H groups in total. The fraction of sp³-hybridized carbons (Fsp3) is 0.316. The molecule has 0 aromatic heterocycles. The van der Waals surface area contributed by atoms with E-state index in [2.05, 4.69) is 5.32 Å². The van der Waals surface area contributed by atoms with Gasteiger partial charge in [0.05, 0.1) is 10.6 Å². The molecule has 1 amide bonds. The third-order valence-electron chi connectivity index (χ3n) is 4.03. The number of nitrogens with one attached hydrogen (secondary N) is 1. The molecule has 0 fully saturated rings. The van der Waals surface area contributed by atoms with Gasteiger partial charge in [-0.25, -0.2) is 12.8 Å². The Hall–Kier alpha value is -2.41. The van der Waals surface area contributed by atoms with Gasteiger partial charge in [0.25, 0.3) is 10.0 Å². The quantitative estimate of drug-likeness (QED) is 0.804. The van der Waals surface area contributed by atoms with Crippen LogP contribution in [-0.4, -0.2) is 26.9 Å². The number of hydrogen-bond acceptors (Lipinski definition) is 3. The van der Waals surface area contributed by atoms with E-state index < -0.39 is 21.7 Å². The van der Waals surface area contributed by atoms with Crippen LogP contribution in [0.2, 0.25) is 0 Å². The van der Waals surface area contributed by atoms with Gasteiger partial charge in [-0.05, 0) is 56.7 Å². The van der Waals surface area contributed by atoms with Crippen molar-refractivity contribution < 1.29 is 17.6 Å². The summed E-state index contributed by atoms with van der Waals surface area (Å²) in [5, 5.41) is 2.77. The maximum absolute atomic E-state index is 13.2. The predicted molar refractivity (Wildman–Crippen MR) is 100 cm³/mol. The van der Waals surface area contributed by atoms with Gasteiger partial charge in [0.1, 0.15) is 12.4 Å². The topological polar surface area (TPSA) is 66.5 Å². The Morgan fingerprint density at radius 3 is 2.23 bits per heavy atom. The number of sulfonamides is 1. The van der Waals surface area contributed by atoms with E-state index >= 15 is 0 Å². The fourth-order valence-corrected chi connectivity index (χ4v) is 3.73. The predicted octanol–water partition coefficient (Wildman–Crippen LogP) is 3.24. The van der Waals surface area contributed by atoms with Crippen LogP contribution in [-0.2, 0) is 14.8 Å². The highest BCUT2D eigenvalue weighted by molar-refractivity contribution is 7.92. The van der Waals surface area contributed by atoms with Crippen LogP contribution < -0.4 is 9.62 Å². The highest BCUT2D eigenvalue weighted by atomic mass is 32.2. The van der Waals surface area contributed by atoms with Crippen molar-refractivity contribution in [3.63, 3.8) is 0 Å². The maximum Gasteiger partial charge on any atom is 0.264 e. The van der Waals surface area contributed by atoms with Gasteiger partial charge in [-0.2, -0.15) is 0 Å². The molecule has 0 aliphatic carbocycles. The number of nitrogens with zero attached hydrogens (tertiary/aromatic N) is 1. The summed E-state index contributed by atoms with van der Waals surface area (Å²) in [6.07, 6.45) is 0.737. The van der Waals surface area contributed by atoms with Gasteiger partial charge in [-0.1, -0.05) is 24.6 Å². The van der Waals surface area contributed by atoms with E-state index in [1.165, 1.54) is 12.1 Å². The van der Waals surface area contributed by atoms with Crippen LogP contribution in [0.1, 0.15) is 25.8 Å². The van der Waals surface area contributed by atoms with E-state index in [1.807, 2.05) is 20.8 Å². The highest BCUT2D eigenvalue weighted by Gasteiger charge is 2.27. The van der Waals surface area contributed by atoms with E-state index in [-0.39, 0.29) is 17.5 Å². The van der Waals surface area contributed by atoms with Crippen molar-refractivity contribution in [2.75, 3.05) is 10.8 Å². The van der Waals surface area contributed by atoms with Crippen LogP contribution in [0.5, 0.6) is 0 Å². The molecular formula is C19H23FN2O3S. The van der Waals surface area contributed by atoms with Crippen molar-refractivity contribution in [3.05, 3.63) is 59.9 Å². The number of halogens is 1. The number of aryl methyl sites for hydroxylation is 1. The number of amides is 1. The zero-order valence-corrected chi connectivity index (χ0v) is 15.9. The summed E-state index contributed by atoms with van der Waals surface area (Å²) < 4.78 is 40.3. The van der Waals surface area contributed by atoms with Gasteiger partial charge in [0.15, 0.2) is 0 Å². The van der Waals surface area contributed by atoms with Gasteiger partial charge in [0.2, 0.25) is 5.91 Å². The molecule has 0 aliphatic heterocycles. The van der Waals surface area contributed by atoms with Gasteiger partial charge >= 0.3 is 0 Å². The monoisotopic (exact) mass is 378 g/mol. The average Bonchev–Trinajstić information content (AvgIpc) is 2.60. The van der Waals surface area contributed by atoms with Crippen LogP contribution in [0.15, 0.2) is 53.4 Å². The first kappa shape index (κ1) is 19.9. The number of carbonyl (C=O) groups is 1. The first-order valence-electron chi connectivity index (χ1n) is 8.38. The van der Waals surface area contributed by atoms with Crippen molar-refractivity contribution in [1.29, 1.82) is 0 Å². The molecule has 0 saturated carbocycles. The Kier molecular flexibility index (Phi) is 6.37. The molecule has 0 unspecified atom stereocenters. The lowest BCUT2D eigenvalue weighted by Gasteiger charge is -2.25. The molecule has 0 spiro atoms. The number of anilines is 1. The summed E-state index contributed by atoms with van der Waals surface area (Å²) in [6, 6.07) is 11.3. The van der Waals surface area contributed by atoms with Crippen molar-refractivity contribution in [2.24, 2.45) is 0 Å². The Morgan fingerprint density at radius 2 is 1.69 bits per heavy atom. The average molecular weight is 378 g/mol. The van der Waals surface area contributed by atoms with E-state index in [0.29, 0.717) is 5.69 Å². The third kappa shape index (κ3) is 4.82. The summed E-state index contributed by atoms with van der Waals surface area (Å²) >= 11 is 0. The highest BCUT2D eigenvalue weighted by Crippen LogP contribution is 2.24. The minimum atomic E-state index is -4.02. The lowest BCUT2D eigenvalue weighted by molar-refractivity contribution is -0.120. The first-order chi connectivity index (χ1) is 12.2. The molecule has 1 atom stereocenters. The zero-order valence-electron chi connectivity index (χ0n) is 15.1. The standard InChI is InChI=1S/C19H23FN2O3S/c1-4-15(3)21-19(23)13-22(17-9-5-14(2)6-10-17)26(24,25)18-11-7-16(20)8-12-18/h5-12,15H,4,13H2,1-3H3,(H,21,23)/t15-/m0/s1. The second-order valence-electron chi connectivity index (χ2n) is 6.18. The normalized spacial score (nSPS) is 12.5. The molecule has 2 aromatic rings. The zero-order chi connectivity index (χ0) is 19.3. The van der Waals surface area contributed by atoms with Crippen molar-refractivity contribution >= 4 is 21.6 Å². The van der Waals surface area contributed by atoms with E-state index in [1.54, 1.807) is 24.3 Å². The molecule has 0 aliphatic rings. The molecule has 2 rings (SSSR count). The Morgan fingerprint density at radius 1 is 1.12 bits per heavy atom. The van der Waals surface area contributed by atoms with Crippen LogP contribution in [0.4, 0.5) is 10.1 Å². The van der Waals surface area contributed by atoms with Gasteiger partial charge in [-0.15, -0.1) is 0 Å². The first-order valence-corrected chi connectivity index (χ1v) is 9.82. The Bertz CT molecular complexity index is 849. The number of hydrogen-bond donors (Lipinski definition) is 1. The Labute approximate surface area is 153 Å². The van der Waals surface area contributed by atoms with E-state index in [0.717, 1.165) is 28.4 Å². The molecule has 140 valence electrons. The fourth-order valence-electron chi connectivity index (χ4n) is 2.31. The van der Waals surface area contributed by atoms with Crippen molar-refractivity contribution in [2.45, 2.75) is 38.1 Å². The van der Waals surface area contributed by atoms with Crippen LogP contribution in [0.3, 0.4) is 0 Å². The van der Waals surface area contributed by atoms with E-state index in [9.17, 15) is 17.6 Å². The second-order valence-corrected chi connectivity index (χ2v) is 8.04. The maximum atomic E-state index is 13.2. The largest absolute Gasteiger partial charge is 0.352 e. The minimum absolute atomic E-state index is 0.0594. The van der Waals surface area contributed by atoms with Crippen molar-refractivity contribution in [1.82, 2.24) is 5.32 Å². The molecule has 0 heterocycles. The van der Waals surface area contributed by atoms with Crippen LogP contribution >= 0.6 is 0 Å². The minimum Gasteiger partial charge on any atom is -0.352 e. The molecule has 26 heavy (non-hydrogen) atoms. The summed E-state index contributed by atoms with van der Waals surface area (Å²) in [5.74, 6) is -0.925. The summed E-state index contributed by atoms with van der Waals surface area (Å²) in [7, 11) is -4.02. The molecule has 5 nitrogen and oxygen atoms in total. The smallest absolute Gasteiger partial charge is 0.264 e. The Balaban J connectivity index is 2.40. The van der Waals surface area contributed by atoms with Crippen LogP contribution in [0, 0.1) is 12.7 Å². The number of benzene rings is 2. The molecule has 7 heteroatoms. The van der Waals surface area contributed by atoms with Gasteiger partial charge in [0, 0.05) is 6.04 Å². The molecule has 0 radical (unpaired) electrons. The second kappa shape index (κ2) is 8.31. The SMILES string of the molecule is CC[C@H](C)NC(=O)CN(c1ccc(C)cc1)S(=O)(=O)c1ccc(F)cc1. The molecule has 2 aromatic carbocycles. The third-order valence-corrected chi connectivity index (χ3v) is 5.82. The lowest BCUT2D eigenvalue weighted by Crippen LogP contribution is -2.43. The lowest BCUT2D eigenvalue weighted by atomic mass is 10.2. The molecule has 0 saturated heterocycles. The summed E-state index contributed by atoms with van der Waals surface area (Å²) in [4.78, 5) is 12.2. The number of rotatable bonds is 7. The summed E-state index contributed by atoms with van der Waals surface area (Å²) in [6.45, 7) is 5.31.